The lowest BCUT2D eigenvalue weighted by Crippen LogP contribution is -2.02. The highest BCUT2D eigenvalue weighted by molar-refractivity contribution is 8.00. The maximum absolute atomic E-state index is 13.2. The van der Waals surface area contributed by atoms with Crippen molar-refractivity contribution < 1.29 is 9.18 Å². The van der Waals surface area contributed by atoms with Gasteiger partial charge in [0.1, 0.15) is 17.2 Å². The van der Waals surface area contributed by atoms with Gasteiger partial charge in [-0.05, 0) is 30.3 Å². The molecule has 0 aliphatic rings. The van der Waals surface area contributed by atoms with E-state index in [-0.39, 0.29) is 17.4 Å². The normalized spacial score (nSPS) is 11.3. The number of nitrogens with one attached hydrogen (secondary N) is 1. The number of rotatable bonds is 5. The molecule has 0 fully saturated rings. The summed E-state index contributed by atoms with van der Waals surface area (Å²) in [6.45, 7) is 0. The van der Waals surface area contributed by atoms with Crippen LogP contribution in [0, 0.1) is 5.82 Å². The molecule has 0 radical (unpaired) electrons. The molecule has 0 amide bonds. The number of nitrogens with zero attached hydrogens (tertiary/aromatic N) is 4. The van der Waals surface area contributed by atoms with Gasteiger partial charge in [0.2, 0.25) is 0 Å². The van der Waals surface area contributed by atoms with E-state index in [1.54, 1.807) is 29.2 Å². The van der Waals surface area contributed by atoms with Gasteiger partial charge < -0.3 is 4.98 Å². The van der Waals surface area contributed by atoms with E-state index in [9.17, 15) is 9.18 Å². The van der Waals surface area contributed by atoms with E-state index in [4.69, 9.17) is 0 Å². The summed E-state index contributed by atoms with van der Waals surface area (Å²) in [4.78, 5) is 24.5. The van der Waals surface area contributed by atoms with Gasteiger partial charge in [-0.25, -0.2) is 19.0 Å². The number of thioether (sulfide) groups is 1. The van der Waals surface area contributed by atoms with Gasteiger partial charge in [-0.3, -0.25) is 4.79 Å². The maximum Gasteiger partial charge on any atom is 0.175 e. The van der Waals surface area contributed by atoms with Crippen molar-refractivity contribution in [3.63, 3.8) is 0 Å². The van der Waals surface area contributed by atoms with Gasteiger partial charge in [-0.2, -0.15) is 5.10 Å². The molecule has 3 aromatic heterocycles. The van der Waals surface area contributed by atoms with Crippen molar-refractivity contribution >= 4 is 39.5 Å². The molecule has 0 atom stereocenters. The molecule has 0 unspecified atom stereocenters. The lowest BCUT2D eigenvalue weighted by atomic mass is 10.1. The van der Waals surface area contributed by atoms with Gasteiger partial charge in [0.05, 0.1) is 23.0 Å². The molecule has 0 aliphatic heterocycles. The fraction of sp³-hybridized carbons (Fsp3) is 0.0476. The SMILES string of the molecule is O=C(CSc1ncnc2c1cnn2-c1ccc(F)cc1)c1c[nH]c2ccccc12. The first kappa shape index (κ1) is 17.6. The Kier molecular flexibility index (Phi) is 4.33. The van der Waals surface area contributed by atoms with Gasteiger partial charge >= 0.3 is 0 Å². The van der Waals surface area contributed by atoms with Crippen molar-refractivity contribution in [2.75, 3.05) is 5.75 Å². The highest BCUT2D eigenvalue weighted by Crippen LogP contribution is 2.27. The molecule has 0 spiro atoms. The molecule has 142 valence electrons. The number of fused-ring (bicyclic) bond motifs is 2. The summed E-state index contributed by atoms with van der Waals surface area (Å²) in [7, 11) is 0. The molecule has 1 N–H and O–H groups in total. The number of benzene rings is 2. The Morgan fingerprint density at radius 2 is 1.90 bits per heavy atom. The second kappa shape index (κ2) is 7.14. The average molecular weight is 403 g/mol. The van der Waals surface area contributed by atoms with E-state index in [1.165, 1.54) is 30.2 Å². The van der Waals surface area contributed by atoms with Crippen LogP contribution in [0.15, 0.2) is 72.3 Å². The van der Waals surface area contributed by atoms with Crippen LogP contribution in [0.3, 0.4) is 0 Å². The molecular weight excluding hydrogens is 389 g/mol. The van der Waals surface area contributed by atoms with E-state index >= 15 is 0 Å². The zero-order chi connectivity index (χ0) is 19.8. The third-order valence-electron chi connectivity index (χ3n) is 4.63. The van der Waals surface area contributed by atoms with Crippen molar-refractivity contribution in [3.8, 4) is 5.69 Å². The Bertz CT molecular complexity index is 1340. The largest absolute Gasteiger partial charge is 0.360 e. The first-order valence-electron chi connectivity index (χ1n) is 8.87. The standard InChI is InChI=1S/C21H14FN5OS/c22-13-5-7-14(8-6-13)27-20-17(10-26-27)21(25-12-24-20)29-11-19(28)16-9-23-18-4-2-1-3-15(16)18/h1-10,12,23H,11H2. The van der Waals surface area contributed by atoms with E-state index in [0.29, 0.717) is 21.9 Å². The molecule has 5 aromatic rings. The smallest absolute Gasteiger partial charge is 0.175 e. The van der Waals surface area contributed by atoms with E-state index < -0.39 is 0 Å². The molecule has 2 aromatic carbocycles. The minimum Gasteiger partial charge on any atom is -0.360 e. The van der Waals surface area contributed by atoms with Crippen LogP contribution in [0.2, 0.25) is 0 Å². The van der Waals surface area contributed by atoms with Crippen LogP contribution in [0.4, 0.5) is 4.39 Å². The average Bonchev–Trinajstić information content (AvgIpc) is 3.37. The van der Waals surface area contributed by atoms with Crippen LogP contribution in [0.25, 0.3) is 27.6 Å². The van der Waals surface area contributed by atoms with Crippen LogP contribution in [-0.4, -0.2) is 36.3 Å². The van der Waals surface area contributed by atoms with Gasteiger partial charge in [0, 0.05) is 22.7 Å². The molecule has 0 saturated carbocycles. The number of H-pyrrole nitrogens is 1. The fourth-order valence-corrected chi connectivity index (χ4v) is 4.07. The summed E-state index contributed by atoms with van der Waals surface area (Å²) in [6, 6.07) is 13.7. The Morgan fingerprint density at radius 1 is 1.07 bits per heavy atom. The van der Waals surface area contributed by atoms with Gasteiger partial charge in [-0.15, -0.1) is 0 Å². The Labute approximate surface area is 168 Å². The van der Waals surface area contributed by atoms with Crippen LogP contribution < -0.4 is 0 Å². The molecule has 29 heavy (non-hydrogen) atoms. The Morgan fingerprint density at radius 3 is 2.76 bits per heavy atom. The predicted octanol–water partition coefficient (Wildman–Crippen LogP) is 4.41. The highest BCUT2D eigenvalue weighted by atomic mass is 32.2. The predicted molar refractivity (Wildman–Crippen MR) is 110 cm³/mol. The molecule has 8 heteroatoms. The van der Waals surface area contributed by atoms with E-state index in [2.05, 4.69) is 20.1 Å². The number of para-hydroxylation sites is 1. The molecular formula is C21H14FN5OS. The Hall–Kier alpha value is -3.52. The lowest BCUT2D eigenvalue weighted by Gasteiger charge is -2.04. The summed E-state index contributed by atoms with van der Waals surface area (Å²) in [5.74, 6) is -0.0487. The van der Waals surface area contributed by atoms with Crippen molar-refractivity contribution in [1.82, 2.24) is 24.7 Å². The van der Waals surface area contributed by atoms with Crippen LogP contribution in [-0.2, 0) is 0 Å². The minimum absolute atomic E-state index is 0.0186. The number of aromatic nitrogens is 5. The number of aromatic amines is 1. The topological polar surface area (TPSA) is 76.5 Å². The third kappa shape index (κ3) is 3.17. The lowest BCUT2D eigenvalue weighted by molar-refractivity contribution is 0.102. The number of halogens is 1. The van der Waals surface area contributed by atoms with Crippen LogP contribution >= 0.6 is 11.8 Å². The van der Waals surface area contributed by atoms with Crippen molar-refractivity contribution in [1.29, 1.82) is 0 Å². The fourth-order valence-electron chi connectivity index (χ4n) is 3.22. The van der Waals surface area contributed by atoms with E-state index in [0.717, 1.165) is 16.3 Å². The molecule has 0 bridgehead atoms. The summed E-state index contributed by atoms with van der Waals surface area (Å²) < 4.78 is 14.8. The van der Waals surface area contributed by atoms with E-state index in [1.807, 2.05) is 24.3 Å². The monoisotopic (exact) mass is 403 g/mol. The zero-order valence-electron chi connectivity index (χ0n) is 15.0. The number of Topliss-reactive ketones (excluding diaryl/α,β-unsaturated/α-hetero) is 1. The first-order chi connectivity index (χ1) is 14.2. The Balaban J connectivity index is 1.42. The summed E-state index contributed by atoms with van der Waals surface area (Å²) >= 11 is 1.35. The molecule has 0 aliphatic carbocycles. The number of hydrogen-bond donors (Lipinski definition) is 1. The second-order valence-electron chi connectivity index (χ2n) is 6.41. The van der Waals surface area contributed by atoms with Gasteiger partial charge in [0.15, 0.2) is 11.4 Å². The van der Waals surface area contributed by atoms with Gasteiger partial charge in [0.25, 0.3) is 0 Å². The van der Waals surface area contributed by atoms with Crippen molar-refractivity contribution in [2.24, 2.45) is 0 Å². The number of ketones is 1. The molecule has 0 saturated heterocycles. The quantitative estimate of drug-likeness (QED) is 0.267. The van der Waals surface area contributed by atoms with Crippen LogP contribution in [0.5, 0.6) is 0 Å². The minimum atomic E-state index is -0.313. The number of hydrogen-bond acceptors (Lipinski definition) is 5. The molecule has 3 heterocycles. The number of carbonyl (C=O) groups excluding carboxylic acids is 1. The van der Waals surface area contributed by atoms with Gasteiger partial charge in [-0.1, -0.05) is 30.0 Å². The second-order valence-corrected chi connectivity index (χ2v) is 7.37. The zero-order valence-corrected chi connectivity index (χ0v) is 15.9. The van der Waals surface area contributed by atoms with Crippen LogP contribution in [0.1, 0.15) is 10.4 Å². The maximum atomic E-state index is 13.2. The molecule has 5 rings (SSSR count). The highest BCUT2D eigenvalue weighted by Gasteiger charge is 2.16. The van der Waals surface area contributed by atoms with Crippen molar-refractivity contribution in [2.45, 2.75) is 5.03 Å². The first-order valence-corrected chi connectivity index (χ1v) is 9.86. The number of carbonyl (C=O) groups is 1. The summed E-state index contributed by atoms with van der Waals surface area (Å²) in [6.07, 6.45) is 4.86. The third-order valence-corrected chi connectivity index (χ3v) is 5.64. The molecule has 6 nitrogen and oxygen atoms in total. The van der Waals surface area contributed by atoms with Crippen molar-refractivity contribution in [3.05, 3.63) is 78.6 Å². The summed E-state index contributed by atoms with van der Waals surface area (Å²) in [5.41, 5.74) is 2.91. The summed E-state index contributed by atoms with van der Waals surface area (Å²) in [5, 5.41) is 6.70.